The molecule has 0 aliphatic carbocycles. The number of carbonyl (C=O) groups is 1. The van der Waals surface area contributed by atoms with Gasteiger partial charge in [0.05, 0.1) is 4.90 Å². The highest BCUT2D eigenvalue weighted by Crippen LogP contribution is 2.27. The Morgan fingerprint density at radius 1 is 0.852 bits per heavy atom. The van der Waals surface area contributed by atoms with E-state index in [0.717, 1.165) is 11.1 Å². The van der Waals surface area contributed by atoms with Crippen LogP contribution in [0.25, 0.3) is 11.1 Å². The second kappa shape index (κ2) is 8.16. The van der Waals surface area contributed by atoms with E-state index < -0.39 is 22.0 Å². The van der Waals surface area contributed by atoms with E-state index in [1.807, 2.05) is 36.4 Å². The fourth-order valence-electron chi connectivity index (χ4n) is 2.84. The average Bonchev–Trinajstić information content (AvgIpc) is 2.69. The quantitative estimate of drug-likeness (QED) is 0.658. The topological polar surface area (TPSA) is 83.5 Å². The number of nitrogens with one attached hydrogen (secondary N) is 1. The zero-order valence-corrected chi connectivity index (χ0v) is 15.3. The summed E-state index contributed by atoms with van der Waals surface area (Å²) in [5.74, 6) is -1.22. The van der Waals surface area contributed by atoms with Gasteiger partial charge >= 0.3 is 5.97 Å². The van der Waals surface area contributed by atoms with Gasteiger partial charge in [0, 0.05) is 5.56 Å². The molecule has 3 aromatic rings. The van der Waals surface area contributed by atoms with Crippen molar-refractivity contribution in [3.63, 3.8) is 0 Å². The van der Waals surface area contributed by atoms with Gasteiger partial charge in [0.2, 0.25) is 10.0 Å². The van der Waals surface area contributed by atoms with Crippen molar-refractivity contribution in [2.24, 2.45) is 0 Å². The molecule has 3 aromatic carbocycles. The third kappa shape index (κ3) is 4.61. The lowest BCUT2D eigenvalue weighted by molar-refractivity contribution is -0.138. The van der Waals surface area contributed by atoms with Crippen LogP contribution in [0, 0.1) is 0 Å². The predicted molar refractivity (Wildman–Crippen MR) is 104 cm³/mol. The van der Waals surface area contributed by atoms with E-state index >= 15 is 0 Å². The molecular formula is C21H19NO4S. The summed E-state index contributed by atoms with van der Waals surface area (Å²) in [5.41, 5.74) is 2.01. The number of aliphatic carboxylic acids is 1. The van der Waals surface area contributed by atoms with Crippen molar-refractivity contribution in [2.45, 2.75) is 17.4 Å². The molecule has 0 saturated heterocycles. The van der Waals surface area contributed by atoms with Crippen LogP contribution in [-0.4, -0.2) is 25.5 Å². The molecule has 27 heavy (non-hydrogen) atoms. The summed E-state index contributed by atoms with van der Waals surface area (Å²) in [6.07, 6.45) is 0.0584. The van der Waals surface area contributed by atoms with Crippen molar-refractivity contribution in [1.29, 1.82) is 0 Å². The third-order valence-corrected chi connectivity index (χ3v) is 5.67. The van der Waals surface area contributed by atoms with Crippen LogP contribution in [0.5, 0.6) is 0 Å². The molecule has 6 heteroatoms. The lowest BCUT2D eigenvalue weighted by Crippen LogP contribution is -2.42. The number of sulfonamides is 1. The van der Waals surface area contributed by atoms with Gasteiger partial charge in [-0.2, -0.15) is 4.72 Å². The van der Waals surface area contributed by atoms with Crippen LogP contribution in [0.1, 0.15) is 5.56 Å². The SMILES string of the molecule is O=C(O)[C@H](Cc1ccccc1)NS(=O)(=O)c1ccccc1-c1ccccc1. The van der Waals surface area contributed by atoms with Gasteiger partial charge in [-0.3, -0.25) is 4.79 Å². The molecule has 1 atom stereocenters. The minimum atomic E-state index is -4.03. The zero-order valence-electron chi connectivity index (χ0n) is 14.4. The highest BCUT2D eigenvalue weighted by atomic mass is 32.2. The van der Waals surface area contributed by atoms with Gasteiger partial charge in [-0.25, -0.2) is 8.42 Å². The molecular weight excluding hydrogens is 362 g/mol. The van der Waals surface area contributed by atoms with Crippen LogP contribution in [0.3, 0.4) is 0 Å². The maximum absolute atomic E-state index is 13.0. The van der Waals surface area contributed by atoms with Gasteiger partial charge < -0.3 is 5.11 Å². The van der Waals surface area contributed by atoms with Crippen molar-refractivity contribution in [3.05, 3.63) is 90.5 Å². The molecule has 0 aliphatic heterocycles. The molecule has 138 valence electrons. The first-order valence-corrected chi connectivity index (χ1v) is 9.89. The number of hydrogen-bond donors (Lipinski definition) is 2. The maximum atomic E-state index is 13.0. The molecule has 0 aliphatic rings. The van der Waals surface area contributed by atoms with E-state index in [1.165, 1.54) is 6.07 Å². The highest BCUT2D eigenvalue weighted by molar-refractivity contribution is 7.89. The lowest BCUT2D eigenvalue weighted by atomic mass is 10.1. The Balaban J connectivity index is 1.93. The van der Waals surface area contributed by atoms with Crippen molar-refractivity contribution < 1.29 is 18.3 Å². The summed E-state index contributed by atoms with van der Waals surface area (Å²) in [7, 11) is -4.03. The Labute approximate surface area is 158 Å². The first kappa shape index (κ1) is 18.8. The van der Waals surface area contributed by atoms with Gasteiger partial charge in [-0.1, -0.05) is 78.9 Å². The molecule has 0 unspecified atom stereocenters. The van der Waals surface area contributed by atoms with E-state index in [-0.39, 0.29) is 11.3 Å². The van der Waals surface area contributed by atoms with Crippen LogP contribution >= 0.6 is 0 Å². The van der Waals surface area contributed by atoms with Gasteiger partial charge in [0.15, 0.2) is 0 Å². The van der Waals surface area contributed by atoms with Gasteiger partial charge in [-0.05, 0) is 23.6 Å². The summed E-state index contributed by atoms with van der Waals surface area (Å²) < 4.78 is 28.3. The molecule has 3 rings (SSSR count). The van der Waals surface area contributed by atoms with Crippen LogP contribution in [-0.2, 0) is 21.2 Å². The number of benzene rings is 3. The largest absolute Gasteiger partial charge is 0.480 e. The monoisotopic (exact) mass is 381 g/mol. The Hall–Kier alpha value is -2.96. The molecule has 2 N–H and O–H groups in total. The van der Waals surface area contributed by atoms with Crippen molar-refractivity contribution in [2.75, 3.05) is 0 Å². The Morgan fingerprint density at radius 3 is 2.04 bits per heavy atom. The van der Waals surface area contributed by atoms with E-state index in [9.17, 15) is 18.3 Å². The maximum Gasteiger partial charge on any atom is 0.322 e. The second-order valence-corrected chi connectivity index (χ2v) is 7.75. The van der Waals surface area contributed by atoms with Crippen LogP contribution in [0.2, 0.25) is 0 Å². The standard InChI is InChI=1S/C21H19NO4S/c23-21(24)19(15-16-9-3-1-4-10-16)22-27(25,26)20-14-8-7-13-18(20)17-11-5-2-6-12-17/h1-14,19,22H,15H2,(H,23,24)/t19-/m0/s1. The Bertz CT molecular complexity index is 1020. The molecule has 0 spiro atoms. The summed E-state index contributed by atoms with van der Waals surface area (Å²) in [5, 5.41) is 9.50. The average molecular weight is 381 g/mol. The second-order valence-electron chi connectivity index (χ2n) is 6.06. The number of carboxylic acids is 1. The van der Waals surface area contributed by atoms with Crippen molar-refractivity contribution in [1.82, 2.24) is 4.72 Å². The summed E-state index contributed by atoms with van der Waals surface area (Å²) in [6.45, 7) is 0. The summed E-state index contributed by atoms with van der Waals surface area (Å²) >= 11 is 0. The van der Waals surface area contributed by atoms with E-state index in [0.29, 0.717) is 5.56 Å². The van der Waals surface area contributed by atoms with E-state index in [1.54, 1.807) is 42.5 Å². The van der Waals surface area contributed by atoms with Crippen LogP contribution in [0.15, 0.2) is 89.8 Å². The zero-order chi connectivity index (χ0) is 19.3. The Kier molecular flexibility index (Phi) is 5.69. The van der Waals surface area contributed by atoms with Gasteiger partial charge in [0.25, 0.3) is 0 Å². The number of rotatable bonds is 7. The minimum Gasteiger partial charge on any atom is -0.480 e. The predicted octanol–water partition coefficient (Wildman–Crippen LogP) is 3.33. The smallest absolute Gasteiger partial charge is 0.322 e. The fourth-order valence-corrected chi connectivity index (χ4v) is 4.26. The van der Waals surface area contributed by atoms with E-state index in [4.69, 9.17) is 0 Å². The summed E-state index contributed by atoms with van der Waals surface area (Å²) in [6, 6.07) is 23.3. The Morgan fingerprint density at radius 2 is 1.41 bits per heavy atom. The third-order valence-electron chi connectivity index (χ3n) is 4.14. The lowest BCUT2D eigenvalue weighted by Gasteiger charge is -2.17. The minimum absolute atomic E-state index is 0.0514. The molecule has 0 heterocycles. The van der Waals surface area contributed by atoms with Gasteiger partial charge in [-0.15, -0.1) is 0 Å². The fraction of sp³-hybridized carbons (Fsp3) is 0.0952. The first-order chi connectivity index (χ1) is 13.0. The van der Waals surface area contributed by atoms with Crippen molar-refractivity contribution in [3.8, 4) is 11.1 Å². The molecule has 5 nitrogen and oxygen atoms in total. The molecule has 0 aromatic heterocycles. The number of hydrogen-bond acceptors (Lipinski definition) is 3. The van der Waals surface area contributed by atoms with Gasteiger partial charge in [0.1, 0.15) is 6.04 Å². The van der Waals surface area contributed by atoms with Crippen molar-refractivity contribution >= 4 is 16.0 Å². The van der Waals surface area contributed by atoms with Crippen LogP contribution < -0.4 is 4.72 Å². The number of carboxylic acid groups (broad SMARTS) is 1. The molecule has 0 fully saturated rings. The summed E-state index contributed by atoms with van der Waals surface area (Å²) in [4.78, 5) is 11.7. The van der Waals surface area contributed by atoms with E-state index in [2.05, 4.69) is 4.72 Å². The first-order valence-electron chi connectivity index (χ1n) is 8.41. The molecule has 0 radical (unpaired) electrons. The van der Waals surface area contributed by atoms with Crippen LogP contribution in [0.4, 0.5) is 0 Å². The molecule has 0 saturated carbocycles. The molecule has 0 bridgehead atoms. The molecule has 0 amide bonds. The highest BCUT2D eigenvalue weighted by Gasteiger charge is 2.27. The normalized spacial score (nSPS) is 12.4.